The molecule has 2 N–H and O–H groups in total. The maximum absolute atomic E-state index is 12.1. The summed E-state index contributed by atoms with van der Waals surface area (Å²) in [5.74, 6) is -1.06. The van der Waals surface area contributed by atoms with Crippen molar-refractivity contribution in [2.45, 2.75) is 44.9 Å². The van der Waals surface area contributed by atoms with Crippen molar-refractivity contribution in [3.8, 4) is 0 Å². The second-order valence-electron chi connectivity index (χ2n) is 5.43. The van der Waals surface area contributed by atoms with Crippen LogP contribution in [0.1, 0.15) is 27.2 Å². The summed E-state index contributed by atoms with van der Waals surface area (Å²) in [5.41, 5.74) is -0.424. The van der Waals surface area contributed by atoms with Gasteiger partial charge in [0.25, 0.3) is 0 Å². The third kappa shape index (κ3) is 4.55. The van der Waals surface area contributed by atoms with E-state index in [0.29, 0.717) is 13.1 Å². The highest BCUT2D eigenvalue weighted by atomic mass is 16.5. The maximum atomic E-state index is 12.1. The minimum atomic E-state index is -1.06. The van der Waals surface area contributed by atoms with E-state index in [1.807, 2.05) is 20.8 Å². The summed E-state index contributed by atoms with van der Waals surface area (Å²) in [7, 11) is 0. The van der Waals surface area contributed by atoms with Crippen molar-refractivity contribution in [1.29, 1.82) is 0 Å². The zero-order chi connectivity index (χ0) is 14.6. The zero-order valence-corrected chi connectivity index (χ0v) is 11.7. The number of carbonyl (C=O) groups is 2. The van der Waals surface area contributed by atoms with Gasteiger partial charge >= 0.3 is 12.0 Å². The Morgan fingerprint density at radius 1 is 1.63 bits per heavy atom. The Hall–Kier alpha value is -1.56. The van der Waals surface area contributed by atoms with Crippen molar-refractivity contribution in [2.75, 3.05) is 13.1 Å². The van der Waals surface area contributed by atoms with Gasteiger partial charge in [0, 0.05) is 6.54 Å². The first kappa shape index (κ1) is 15.5. The number of hydrogen-bond acceptors (Lipinski definition) is 3. The molecule has 1 rings (SSSR count). The first-order valence-electron chi connectivity index (χ1n) is 6.32. The first-order chi connectivity index (χ1) is 8.75. The van der Waals surface area contributed by atoms with Crippen molar-refractivity contribution in [3.63, 3.8) is 0 Å². The second-order valence-corrected chi connectivity index (χ2v) is 5.43. The zero-order valence-electron chi connectivity index (χ0n) is 11.7. The predicted octanol–water partition coefficient (Wildman–Crippen LogP) is 1.22. The summed E-state index contributed by atoms with van der Waals surface area (Å²) in [6.45, 7) is 10.1. The Bertz CT molecular complexity index is 368. The van der Waals surface area contributed by atoms with Gasteiger partial charge in [-0.3, -0.25) is 0 Å². The highest BCUT2D eigenvalue weighted by Crippen LogP contribution is 2.20. The van der Waals surface area contributed by atoms with Gasteiger partial charge in [-0.2, -0.15) is 0 Å². The van der Waals surface area contributed by atoms with Crippen molar-refractivity contribution >= 4 is 12.0 Å². The van der Waals surface area contributed by atoms with Crippen molar-refractivity contribution in [3.05, 3.63) is 12.7 Å². The summed E-state index contributed by atoms with van der Waals surface area (Å²) in [5, 5.41) is 11.5. The topological polar surface area (TPSA) is 78.9 Å². The Kier molecular flexibility index (Phi) is 4.94. The lowest BCUT2D eigenvalue weighted by atomic mass is 10.1. The van der Waals surface area contributed by atoms with Crippen LogP contribution in [0.2, 0.25) is 0 Å². The smallest absolute Gasteiger partial charge is 0.326 e. The van der Waals surface area contributed by atoms with E-state index >= 15 is 0 Å². The van der Waals surface area contributed by atoms with Gasteiger partial charge in [-0.25, -0.2) is 9.59 Å². The Labute approximate surface area is 113 Å². The van der Waals surface area contributed by atoms with E-state index in [1.54, 1.807) is 4.90 Å². The average molecular weight is 270 g/mol. The fourth-order valence-corrected chi connectivity index (χ4v) is 2.24. The van der Waals surface area contributed by atoms with E-state index in [9.17, 15) is 9.59 Å². The molecule has 1 heterocycles. The number of nitrogens with one attached hydrogen (secondary N) is 1. The molecule has 0 aromatic carbocycles. The van der Waals surface area contributed by atoms with Gasteiger partial charge in [0.05, 0.1) is 18.2 Å². The van der Waals surface area contributed by atoms with Gasteiger partial charge in [-0.15, -0.1) is 6.58 Å². The molecule has 0 radical (unpaired) electrons. The first-order valence-corrected chi connectivity index (χ1v) is 6.32. The summed E-state index contributed by atoms with van der Waals surface area (Å²) < 4.78 is 5.70. The molecule has 2 unspecified atom stereocenters. The van der Waals surface area contributed by atoms with Crippen molar-refractivity contribution in [1.82, 2.24) is 10.2 Å². The number of nitrogens with zero attached hydrogens (tertiary/aromatic N) is 1. The third-order valence-electron chi connectivity index (χ3n) is 2.85. The standard InChI is InChI=1S/C13H22N2O4/c1-5-6-10(11(16)17)14-12(18)15-7-9(2)19-13(3,4)8-15/h5,9-10H,1,6-8H2,2-4H3,(H,14,18)(H,16,17). The van der Waals surface area contributed by atoms with Crippen LogP contribution in [0.3, 0.4) is 0 Å². The largest absolute Gasteiger partial charge is 0.480 e. The SMILES string of the molecule is C=CCC(NC(=O)N1CC(C)OC(C)(C)C1)C(=O)O. The van der Waals surface area contributed by atoms with Crippen LogP contribution in [0.25, 0.3) is 0 Å². The molecule has 6 nitrogen and oxygen atoms in total. The molecule has 2 atom stereocenters. The van der Waals surface area contributed by atoms with Crippen molar-refractivity contribution < 1.29 is 19.4 Å². The van der Waals surface area contributed by atoms with Crippen LogP contribution >= 0.6 is 0 Å². The molecule has 0 saturated carbocycles. The monoisotopic (exact) mass is 270 g/mol. The number of aliphatic carboxylic acids is 1. The van der Waals surface area contributed by atoms with E-state index in [0.717, 1.165) is 0 Å². The quantitative estimate of drug-likeness (QED) is 0.753. The van der Waals surface area contributed by atoms with Crippen LogP contribution in [0.15, 0.2) is 12.7 Å². The number of urea groups is 1. The molecular weight excluding hydrogens is 248 g/mol. The number of hydrogen-bond donors (Lipinski definition) is 2. The molecule has 0 aromatic heterocycles. The molecule has 6 heteroatoms. The van der Waals surface area contributed by atoms with Crippen molar-refractivity contribution in [2.24, 2.45) is 0 Å². The minimum absolute atomic E-state index is 0.0721. The number of carboxylic acids is 1. The van der Waals surface area contributed by atoms with Gasteiger partial charge in [0.1, 0.15) is 6.04 Å². The van der Waals surface area contributed by atoms with Crippen LogP contribution in [0, 0.1) is 0 Å². The number of carbonyl (C=O) groups excluding carboxylic acids is 1. The fourth-order valence-electron chi connectivity index (χ4n) is 2.24. The number of rotatable bonds is 4. The molecule has 1 fully saturated rings. The molecular formula is C13H22N2O4. The number of morpholine rings is 1. The lowest BCUT2D eigenvalue weighted by molar-refractivity contribution is -0.139. The van der Waals surface area contributed by atoms with Crippen LogP contribution in [0.5, 0.6) is 0 Å². The molecule has 0 aliphatic carbocycles. The van der Waals surface area contributed by atoms with Gasteiger partial charge in [0.15, 0.2) is 0 Å². The minimum Gasteiger partial charge on any atom is -0.480 e. The van der Waals surface area contributed by atoms with E-state index in [2.05, 4.69) is 11.9 Å². The van der Waals surface area contributed by atoms with Crippen LogP contribution in [-0.4, -0.2) is 52.8 Å². The lowest BCUT2D eigenvalue weighted by Gasteiger charge is -2.41. The summed E-state index contributed by atoms with van der Waals surface area (Å²) >= 11 is 0. The summed E-state index contributed by atoms with van der Waals surface area (Å²) in [6.07, 6.45) is 1.60. The van der Waals surface area contributed by atoms with Crippen LogP contribution < -0.4 is 5.32 Å². The predicted molar refractivity (Wildman–Crippen MR) is 71.0 cm³/mol. The molecule has 1 saturated heterocycles. The second kappa shape index (κ2) is 6.06. The van der Waals surface area contributed by atoms with Crippen LogP contribution in [0.4, 0.5) is 4.79 Å². The summed E-state index contributed by atoms with van der Waals surface area (Å²) in [6, 6.07) is -1.32. The average Bonchev–Trinajstić information content (AvgIpc) is 2.25. The normalized spacial score (nSPS) is 23.5. The van der Waals surface area contributed by atoms with Gasteiger partial charge in [-0.1, -0.05) is 6.08 Å². The molecule has 108 valence electrons. The fraction of sp³-hybridized carbons (Fsp3) is 0.692. The molecule has 1 aliphatic heterocycles. The van der Waals surface area contributed by atoms with Gasteiger partial charge in [0.2, 0.25) is 0 Å². The van der Waals surface area contributed by atoms with E-state index < -0.39 is 17.6 Å². The Balaban J connectivity index is 2.66. The Morgan fingerprint density at radius 2 is 2.26 bits per heavy atom. The molecule has 2 amide bonds. The lowest BCUT2D eigenvalue weighted by Crippen LogP contribution is -2.58. The number of carboxylic acid groups (broad SMARTS) is 1. The third-order valence-corrected chi connectivity index (χ3v) is 2.85. The molecule has 0 bridgehead atoms. The molecule has 19 heavy (non-hydrogen) atoms. The summed E-state index contributed by atoms with van der Waals surface area (Å²) in [4.78, 5) is 24.7. The molecule has 0 spiro atoms. The van der Waals surface area contributed by atoms with E-state index in [1.165, 1.54) is 6.08 Å². The molecule has 1 aliphatic rings. The highest BCUT2D eigenvalue weighted by molar-refractivity contribution is 5.82. The van der Waals surface area contributed by atoms with Gasteiger partial charge in [-0.05, 0) is 27.2 Å². The Morgan fingerprint density at radius 3 is 2.74 bits per heavy atom. The van der Waals surface area contributed by atoms with E-state index in [4.69, 9.17) is 9.84 Å². The highest BCUT2D eigenvalue weighted by Gasteiger charge is 2.34. The molecule has 0 aromatic rings. The van der Waals surface area contributed by atoms with Crippen LogP contribution in [-0.2, 0) is 9.53 Å². The van der Waals surface area contributed by atoms with Gasteiger partial charge < -0.3 is 20.1 Å². The number of ether oxygens (including phenoxy) is 1. The van der Waals surface area contributed by atoms with E-state index in [-0.39, 0.29) is 18.6 Å². The maximum Gasteiger partial charge on any atom is 0.326 e. The number of amides is 2.